The van der Waals surface area contributed by atoms with Gasteiger partial charge in [-0.2, -0.15) is 0 Å². The molecule has 4 nitrogen and oxygen atoms in total. The van der Waals surface area contributed by atoms with Gasteiger partial charge in [-0.05, 0) is 49.2 Å². The number of rotatable bonds is 1. The second-order valence-electron chi connectivity index (χ2n) is 4.92. The first-order chi connectivity index (χ1) is 9.50. The predicted octanol–water partition coefficient (Wildman–Crippen LogP) is 2.81. The van der Waals surface area contributed by atoms with Crippen LogP contribution in [0.25, 0.3) is 0 Å². The van der Waals surface area contributed by atoms with Crippen molar-refractivity contribution >= 4 is 17.5 Å². The molecule has 1 N–H and O–H groups in total. The number of nitrogens with zero attached hydrogens (tertiary/aromatic N) is 1. The molecule has 3 rings (SSSR count). The number of imide groups is 1. The summed E-state index contributed by atoms with van der Waals surface area (Å²) >= 11 is 0. The summed E-state index contributed by atoms with van der Waals surface area (Å²) in [6.45, 7) is 3.73. The topological polar surface area (TPSA) is 57.6 Å². The fourth-order valence-corrected chi connectivity index (χ4v) is 2.37. The molecule has 4 heteroatoms. The molecule has 0 aromatic heterocycles. The van der Waals surface area contributed by atoms with E-state index in [1.807, 2.05) is 13.8 Å². The first-order valence-electron chi connectivity index (χ1n) is 6.28. The smallest absolute Gasteiger partial charge is 0.266 e. The Morgan fingerprint density at radius 1 is 0.900 bits per heavy atom. The van der Waals surface area contributed by atoms with Crippen LogP contribution in [-0.4, -0.2) is 16.9 Å². The number of phenolic OH excluding ortho intramolecular Hbond substituents is 1. The van der Waals surface area contributed by atoms with Crippen LogP contribution in [0.1, 0.15) is 31.8 Å². The van der Waals surface area contributed by atoms with Crippen molar-refractivity contribution < 1.29 is 14.7 Å². The van der Waals surface area contributed by atoms with E-state index in [0.717, 1.165) is 16.0 Å². The van der Waals surface area contributed by atoms with Crippen molar-refractivity contribution in [2.24, 2.45) is 0 Å². The van der Waals surface area contributed by atoms with Crippen molar-refractivity contribution in [1.29, 1.82) is 0 Å². The van der Waals surface area contributed by atoms with Gasteiger partial charge in [0.1, 0.15) is 5.75 Å². The molecule has 0 aliphatic carbocycles. The Bertz CT molecular complexity index is 714. The van der Waals surface area contributed by atoms with Crippen LogP contribution in [0.2, 0.25) is 0 Å². The molecular formula is C16H13NO3. The van der Waals surface area contributed by atoms with Crippen molar-refractivity contribution in [3.63, 3.8) is 0 Å². The van der Waals surface area contributed by atoms with E-state index in [4.69, 9.17) is 0 Å². The van der Waals surface area contributed by atoms with Crippen LogP contribution in [0.3, 0.4) is 0 Å². The summed E-state index contributed by atoms with van der Waals surface area (Å²) in [5.74, 6) is -0.865. The maximum Gasteiger partial charge on any atom is 0.266 e. The first kappa shape index (κ1) is 12.4. The average Bonchev–Trinajstić information content (AvgIpc) is 2.68. The highest BCUT2D eigenvalue weighted by Gasteiger charge is 2.37. The van der Waals surface area contributed by atoms with Gasteiger partial charge >= 0.3 is 0 Å². The predicted molar refractivity (Wildman–Crippen MR) is 75.2 cm³/mol. The third-order valence-corrected chi connectivity index (χ3v) is 3.63. The third-order valence-electron chi connectivity index (χ3n) is 3.63. The van der Waals surface area contributed by atoms with Crippen LogP contribution in [0.5, 0.6) is 5.75 Å². The Morgan fingerprint density at radius 3 is 1.95 bits per heavy atom. The number of amides is 2. The van der Waals surface area contributed by atoms with Crippen LogP contribution in [0.4, 0.5) is 5.69 Å². The highest BCUT2D eigenvalue weighted by atomic mass is 16.3. The molecule has 2 amide bonds. The van der Waals surface area contributed by atoms with E-state index in [0.29, 0.717) is 11.1 Å². The molecule has 0 radical (unpaired) electrons. The zero-order valence-corrected chi connectivity index (χ0v) is 11.2. The number of aromatic hydroxyl groups is 1. The third kappa shape index (κ3) is 1.61. The van der Waals surface area contributed by atoms with Gasteiger partial charge in [0.05, 0.1) is 16.8 Å². The number of benzene rings is 2. The minimum atomic E-state index is -0.399. The van der Waals surface area contributed by atoms with E-state index >= 15 is 0 Å². The number of aryl methyl sites for hydroxylation is 2. The first-order valence-corrected chi connectivity index (χ1v) is 6.28. The van der Waals surface area contributed by atoms with Crippen molar-refractivity contribution in [2.75, 3.05) is 4.90 Å². The molecule has 0 bridgehead atoms. The zero-order valence-electron chi connectivity index (χ0n) is 11.2. The fourth-order valence-electron chi connectivity index (χ4n) is 2.37. The number of hydrogen-bond acceptors (Lipinski definition) is 3. The van der Waals surface area contributed by atoms with Crippen LogP contribution >= 0.6 is 0 Å². The summed E-state index contributed by atoms with van der Waals surface area (Å²) in [6, 6.07) is 9.89. The lowest BCUT2D eigenvalue weighted by Crippen LogP contribution is -2.29. The van der Waals surface area contributed by atoms with E-state index in [2.05, 4.69) is 0 Å². The van der Waals surface area contributed by atoms with Crippen LogP contribution in [0.15, 0.2) is 36.4 Å². The van der Waals surface area contributed by atoms with Crippen molar-refractivity contribution in [3.05, 3.63) is 58.7 Å². The Kier molecular flexibility index (Phi) is 2.61. The van der Waals surface area contributed by atoms with E-state index in [9.17, 15) is 14.7 Å². The maximum atomic E-state index is 12.4. The molecule has 0 spiro atoms. The molecule has 1 aliphatic heterocycles. The minimum Gasteiger partial charge on any atom is -0.506 e. The second-order valence-corrected chi connectivity index (χ2v) is 4.92. The standard InChI is InChI=1S/C16H13NO3/c1-9-7-13(14(18)8-10(9)2)17-15(19)11-5-3-4-6-12(11)16(17)20/h3-8,18H,1-2H3. The van der Waals surface area contributed by atoms with Gasteiger partial charge < -0.3 is 5.11 Å². The Morgan fingerprint density at radius 2 is 1.40 bits per heavy atom. The molecule has 0 saturated heterocycles. The molecule has 2 aromatic carbocycles. The van der Waals surface area contributed by atoms with Gasteiger partial charge in [0.15, 0.2) is 0 Å². The van der Waals surface area contributed by atoms with E-state index in [-0.39, 0.29) is 11.4 Å². The van der Waals surface area contributed by atoms with Crippen LogP contribution in [-0.2, 0) is 0 Å². The monoisotopic (exact) mass is 267 g/mol. The second kappa shape index (κ2) is 4.20. The number of carbonyl (C=O) groups is 2. The maximum absolute atomic E-state index is 12.4. The molecule has 0 fully saturated rings. The lowest BCUT2D eigenvalue weighted by Gasteiger charge is -2.17. The fraction of sp³-hybridized carbons (Fsp3) is 0.125. The summed E-state index contributed by atoms with van der Waals surface area (Å²) < 4.78 is 0. The summed E-state index contributed by atoms with van der Waals surface area (Å²) in [6.07, 6.45) is 0. The highest BCUT2D eigenvalue weighted by molar-refractivity contribution is 6.34. The largest absolute Gasteiger partial charge is 0.506 e. The Hall–Kier alpha value is -2.62. The van der Waals surface area contributed by atoms with Gasteiger partial charge in [0.2, 0.25) is 0 Å². The normalized spacial score (nSPS) is 13.8. The Labute approximate surface area is 116 Å². The van der Waals surface area contributed by atoms with Crippen LogP contribution < -0.4 is 4.90 Å². The lowest BCUT2D eigenvalue weighted by atomic mass is 10.1. The molecule has 0 saturated carbocycles. The van der Waals surface area contributed by atoms with Gasteiger partial charge in [-0.1, -0.05) is 12.1 Å². The minimum absolute atomic E-state index is 0.0670. The van der Waals surface area contributed by atoms with Gasteiger partial charge in [0.25, 0.3) is 11.8 Å². The van der Waals surface area contributed by atoms with Gasteiger partial charge in [-0.15, -0.1) is 0 Å². The van der Waals surface area contributed by atoms with Gasteiger partial charge in [-0.25, -0.2) is 4.90 Å². The summed E-state index contributed by atoms with van der Waals surface area (Å²) in [7, 11) is 0. The molecule has 0 unspecified atom stereocenters. The molecule has 20 heavy (non-hydrogen) atoms. The molecular weight excluding hydrogens is 254 g/mol. The molecule has 0 atom stereocenters. The van der Waals surface area contributed by atoms with E-state index in [1.54, 1.807) is 36.4 Å². The van der Waals surface area contributed by atoms with Crippen LogP contribution in [0, 0.1) is 13.8 Å². The molecule has 2 aromatic rings. The van der Waals surface area contributed by atoms with Gasteiger partial charge in [0, 0.05) is 0 Å². The van der Waals surface area contributed by atoms with E-state index in [1.165, 1.54) is 0 Å². The van der Waals surface area contributed by atoms with Crippen molar-refractivity contribution in [1.82, 2.24) is 0 Å². The quantitative estimate of drug-likeness (QED) is 0.808. The number of phenols is 1. The zero-order chi connectivity index (χ0) is 14.4. The number of hydrogen-bond donors (Lipinski definition) is 1. The average molecular weight is 267 g/mol. The lowest BCUT2D eigenvalue weighted by molar-refractivity contribution is 0.0925. The highest BCUT2D eigenvalue weighted by Crippen LogP contribution is 2.35. The van der Waals surface area contributed by atoms with Gasteiger partial charge in [-0.3, -0.25) is 9.59 Å². The molecule has 1 aliphatic rings. The SMILES string of the molecule is Cc1cc(O)c(N2C(=O)c3ccccc3C2=O)cc1C. The number of carbonyl (C=O) groups excluding carboxylic acids is 2. The summed E-state index contributed by atoms with van der Waals surface area (Å²) in [5, 5.41) is 10.0. The van der Waals surface area contributed by atoms with Crippen molar-refractivity contribution in [3.8, 4) is 5.75 Å². The Balaban J connectivity index is 2.17. The van der Waals surface area contributed by atoms with Crippen molar-refractivity contribution in [2.45, 2.75) is 13.8 Å². The number of anilines is 1. The summed E-state index contributed by atoms with van der Waals surface area (Å²) in [4.78, 5) is 25.7. The summed E-state index contributed by atoms with van der Waals surface area (Å²) in [5.41, 5.74) is 2.79. The van der Waals surface area contributed by atoms with E-state index < -0.39 is 11.8 Å². The molecule has 100 valence electrons. The number of fused-ring (bicyclic) bond motifs is 1. The molecule has 1 heterocycles.